The number of nitrogens with one attached hydrogen (secondary N) is 1. The molecule has 2 amide bonds. The third kappa shape index (κ3) is 6.55. The predicted octanol–water partition coefficient (Wildman–Crippen LogP) is 6.82. The van der Waals surface area contributed by atoms with Crippen LogP contribution >= 0.6 is 0 Å². The minimum atomic E-state index is -0.101. The van der Waals surface area contributed by atoms with E-state index in [-0.39, 0.29) is 11.8 Å². The van der Waals surface area contributed by atoms with Gasteiger partial charge in [0, 0.05) is 42.7 Å². The Kier molecular flexibility index (Phi) is 8.84. The topological polar surface area (TPSA) is 99.2 Å². The van der Waals surface area contributed by atoms with Crippen LogP contribution in [0.25, 0.3) is 22.6 Å². The van der Waals surface area contributed by atoms with Crippen molar-refractivity contribution in [2.24, 2.45) is 11.8 Å². The number of piperidine rings is 1. The fourth-order valence-corrected chi connectivity index (χ4v) is 6.13. The summed E-state index contributed by atoms with van der Waals surface area (Å²) in [5.41, 5.74) is 4.25. The molecular formula is C33H40N4O3. The van der Waals surface area contributed by atoms with E-state index < -0.39 is 0 Å². The number of nitriles is 1. The molecule has 1 aromatic heterocycles. The van der Waals surface area contributed by atoms with Crippen molar-refractivity contribution in [1.82, 2.24) is 15.2 Å². The van der Waals surface area contributed by atoms with Gasteiger partial charge in [0.1, 0.15) is 5.52 Å². The van der Waals surface area contributed by atoms with Crippen molar-refractivity contribution in [3.8, 4) is 17.5 Å². The van der Waals surface area contributed by atoms with E-state index in [2.05, 4.69) is 30.2 Å². The second-order valence-electron chi connectivity index (χ2n) is 11.9. The Morgan fingerprint density at radius 1 is 1.05 bits per heavy atom. The van der Waals surface area contributed by atoms with Crippen LogP contribution in [0.2, 0.25) is 0 Å². The second kappa shape index (κ2) is 12.7. The zero-order chi connectivity index (χ0) is 28.1. The molecule has 2 fully saturated rings. The van der Waals surface area contributed by atoms with Crippen LogP contribution in [0.4, 0.5) is 0 Å². The smallest absolute Gasteiger partial charge is 0.251 e. The molecule has 2 aliphatic rings. The summed E-state index contributed by atoms with van der Waals surface area (Å²) in [6.07, 6.45) is 10.2. The fraction of sp³-hybridized carbons (Fsp3) is 0.515. The Labute approximate surface area is 236 Å². The zero-order valence-electron chi connectivity index (χ0n) is 23.7. The van der Waals surface area contributed by atoms with Crippen molar-refractivity contribution in [1.29, 1.82) is 5.26 Å². The highest BCUT2D eigenvalue weighted by molar-refractivity contribution is 5.94. The summed E-state index contributed by atoms with van der Waals surface area (Å²) in [6, 6.07) is 13.1. The van der Waals surface area contributed by atoms with Crippen molar-refractivity contribution in [3.05, 3.63) is 53.1 Å². The number of carbonyl (C=O) groups excluding carboxylic acids is 2. The third-order valence-corrected chi connectivity index (χ3v) is 8.67. The van der Waals surface area contributed by atoms with Gasteiger partial charge >= 0.3 is 0 Å². The van der Waals surface area contributed by atoms with Crippen molar-refractivity contribution in [3.63, 3.8) is 0 Å². The number of likely N-dealkylation sites (tertiary alicyclic amines) is 1. The first kappa shape index (κ1) is 27.9. The molecule has 0 atom stereocenters. The van der Waals surface area contributed by atoms with Crippen LogP contribution in [0.5, 0.6) is 0 Å². The lowest BCUT2D eigenvalue weighted by molar-refractivity contribution is -0.132. The van der Waals surface area contributed by atoms with Crippen LogP contribution in [0.3, 0.4) is 0 Å². The maximum Gasteiger partial charge on any atom is 0.251 e. The van der Waals surface area contributed by atoms with Crippen molar-refractivity contribution >= 4 is 22.9 Å². The predicted molar refractivity (Wildman–Crippen MR) is 156 cm³/mol. The van der Waals surface area contributed by atoms with E-state index in [0.717, 1.165) is 49.4 Å². The van der Waals surface area contributed by atoms with E-state index in [1.54, 1.807) is 18.2 Å². The van der Waals surface area contributed by atoms with E-state index in [9.17, 15) is 14.9 Å². The molecule has 0 spiro atoms. The van der Waals surface area contributed by atoms with Gasteiger partial charge in [-0.05, 0) is 73.4 Å². The first-order chi connectivity index (χ1) is 19.4. The van der Waals surface area contributed by atoms with Crippen LogP contribution in [-0.2, 0) is 4.79 Å². The summed E-state index contributed by atoms with van der Waals surface area (Å²) >= 11 is 0. The average Bonchev–Trinajstić information content (AvgIpc) is 3.43. The van der Waals surface area contributed by atoms with Gasteiger partial charge in [-0.1, -0.05) is 46.0 Å². The van der Waals surface area contributed by atoms with Gasteiger partial charge in [-0.3, -0.25) is 9.59 Å². The second-order valence-corrected chi connectivity index (χ2v) is 11.9. The van der Waals surface area contributed by atoms with Crippen molar-refractivity contribution < 1.29 is 14.0 Å². The molecule has 210 valence electrons. The first-order valence-corrected chi connectivity index (χ1v) is 14.9. The minimum absolute atomic E-state index is 0.101. The molecule has 2 heterocycles. The molecule has 0 radical (unpaired) electrons. The minimum Gasteiger partial charge on any atom is -0.436 e. The standard InChI is InChI=1S/C33H40N4O3/c1-22(2)28-18-25(20-34)19-29-31(28)40-33(36-29)27-11-9-26(10-12-27)32(39)35-21-24-14-16-37(17-15-24)30(38)13-8-23-6-4-3-5-7-23/h9-12,18-19,22-24H,3-8,13-17,21H2,1-2H3,(H,35,39). The first-order valence-electron chi connectivity index (χ1n) is 14.9. The maximum atomic E-state index is 12.8. The van der Waals surface area contributed by atoms with Gasteiger partial charge < -0.3 is 14.6 Å². The molecule has 1 saturated carbocycles. The van der Waals surface area contributed by atoms with Crippen LogP contribution in [0.15, 0.2) is 40.8 Å². The lowest BCUT2D eigenvalue weighted by atomic mass is 9.86. The third-order valence-electron chi connectivity index (χ3n) is 8.67. The van der Waals surface area contributed by atoms with Crippen LogP contribution < -0.4 is 5.32 Å². The Morgan fingerprint density at radius 3 is 2.45 bits per heavy atom. The number of nitrogens with zero attached hydrogens (tertiary/aromatic N) is 3. The molecule has 40 heavy (non-hydrogen) atoms. The van der Waals surface area contributed by atoms with Gasteiger partial charge in [-0.15, -0.1) is 0 Å². The normalized spacial score (nSPS) is 16.8. The summed E-state index contributed by atoms with van der Waals surface area (Å²) < 4.78 is 6.10. The molecule has 3 aromatic rings. The summed E-state index contributed by atoms with van der Waals surface area (Å²) in [4.78, 5) is 32.2. The number of fused-ring (bicyclic) bond motifs is 1. The SMILES string of the molecule is CC(C)c1cc(C#N)cc2nc(-c3ccc(C(=O)NCC4CCN(C(=O)CCC5CCCCC5)CC4)cc3)oc12. The molecule has 0 bridgehead atoms. The van der Waals surface area contributed by atoms with Gasteiger partial charge in [0.05, 0.1) is 11.6 Å². The number of benzene rings is 2. The quantitative estimate of drug-likeness (QED) is 0.338. The van der Waals surface area contributed by atoms with E-state index in [1.165, 1.54) is 32.1 Å². The average molecular weight is 541 g/mol. The highest BCUT2D eigenvalue weighted by Gasteiger charge is 2.24. The number of hydrogen-bond acceptors (Lipinski definition) is 5. The van der Waals surface area contributed by atoms with Crippen molar-refractivity contribution in [2.75, 3.05) is 19.6 Å². The van der Waals surface area contributed by atoms with Gasteiger partial charge in [0.15, 0.2) is 5.58 Å². The molecule has 7 heteroatoms. The van der Waals surface area contributed by atoms with E-state index in [4.69, 9.17) is 4.42 Å². The Morgan fingerprint density at radius 2 is 1.77 bits per heavy atom. The Balaban J connectivity index is 1.11. The molecule has 2 aromatic carbocycles. The van der Waals surface area contributed by atoms with Crippen LogP contribution in [0.1, 0.15) is 99.0 Å². The molecule has 1 saturated heterocycles. The van der Waals surface area contributed by atoms with Gasteiger partial charge in [-0.2, -0.15) is 5.26 Å². The molecule has 1 aliphatic heterocycles. The van der Waals surface area contributed by atoms with Crippen molar-refractivity contribution in [2.45, 2.75) is 77.6 Å². The number of aromatic nitrogens is 1. The number of oxazole rings is 1. The Bertz CT molecular complexity index is 1370. The summed E-state index contributed by atoms with van der Waals surface area (Å²) in [5.74, 6) is 2.00. The van der Waals surface area contributed by atoms with Gasteiger partial charge in [-0.25, -0.2) is 4.98 Å². The fourth-order valence-electron chi connectivity index (χ4n) is 6.13. The van der Waals surface area contributed by atoms with E-state index in [0.29, 0.717) is 52.9 Å². The molecule has 7 nitrogen and oxygen atoms in total. The monoisotopic (exact) mass is 540 g/mol. The lowest BCUT2D eigenvalue weighted by Gasteiger charge is -2.32. The molecule has 1 aliphatic carbocycles. The number of hydrogen-bond donors (Lipinski definition) is 1. The molecule has 5 rings (SSSR count). The van der Waals surface area contributed by atoms with E-state index in [1.807, 2.05) is 23.1 Å². The number of amides is 2. The molecule has 0 unspecified atom stereocenters. The maximum absolute atomic E-state index is 12.8. The van der Waals surface area contributed by atoms with Gasteiger partial charge in [0.25, 0.3) is 5.91 Å². The summed E-state index contributed by atoms with van der Waals surface area (Å²) in [6.45, 7) is 6.32. The highest BCUT2D eigenvalue weighted by Crippen LogP contribution is 2.32. The lowest BCUT2D eigenvalue weighted by Crippen LogP contribution is -2.41. The largest absolute Gasteiger partial charge is 0.436 e. The number of carbonyl (C=O) groups is 2. The van der Waals surface area contributed by atoms with Gasteiger partial charge in [0.2, 0.25) is 11.8 Å². The number of rotatable bonds is 8. The molecule has 1 N–H and O–H groups in total. The summed E-state index contributed by atoms with van der Waals surface area (Å²) in [7, 11) is 0. The molecular weight excluding hydrogens is 500 g/mol. The van der Waals surface area contributed by atoms with Crippen LogP contribution in [-0.4, -0.2) is 41.3 Å². The van der Waals surface area contributed by atoms with Crippen LogP contribution in [0, 0.1) is 23.2 Å². The zero-order valence-corrected chi connectivity index (χ0v) is 23.7. The Hall–Kier alpha value is -3.66. The highest BCUT2D eigenvalue weighted by atomic mass is 16.3. The summed E-state index contributed by atoms with van der Waals surface area (Å²) in [5, 5.41) is 12.5. The van der Waals surface area contributed by atoms with E-state index >= 15 is 0 Å².